The molecule has 1 saturated heterocycles. The van der Waals surface area contributed by atoms with Gasteiger partial charge in [-0.1, -0.05) is 42.5 Å². The molecule has 6 rings (SSSR count). The summed E-state index contributed by atoms with van der Waals surface area (Å²) in [5, 5.41) is 34.0. The maximum atomic E-state index is 13.2. The van der Waals surface area contributed by atoms with E-state index in [9.17, 15) is 24.9 Å². The number of anilines is 1. The molecule has 1 amide bonds. The number of hydrogen-bond acceptors (Lipinski definition) is 12. The highest BCUT2D eigenvalue weighted by Gasteiger charge is 2.49. The topological polar surface area (TPSA) is 199 Å². The van der Waals surface area contributed by atoms with Crippen LogP contribution in [0.15, 0.2) is 65.7 Å². The maximum absolute atomic E-state index is 13.2. The van der Waals surface area contributed by atoms with E-state index in [4.69, 9.17) is 26.8 Å². The van der Waals surface area contributed by atoms with Crippen LogP contribution < -0.4 is 5.73 Å². The molecule has 1 unspecified atom stereocenters. The van der Waals surface area contributed by atoms with Crippen LogP contribution in [-0.2, 0) is 26.3 Å². The zero-order valence-corrected chi connectivity index (χ0v) is 28.1. The van der Waals surface area contributed by atoms with Crippen molar-refractivity contribution >= 4 is 51.8 Å². The summed E-state index contributed by atoms with van der Waals surface area (Å²) in [5.41, 5.74) is 8.76. The number of benzene rings is 2. The molecule has 0 saturated carbocycles. The molecule has 16 heteroatoms. The number of carboxylic acids is 1. The lowest BCUT2D eigenvalue weighted by Gasteiger charge is -2.30. The molecular weight excluding hydrogens is 674 g/mol. The van der Waals surface area contributed by atoms with E-state index in [0.717, 1.165) is 11.1 Å². The smallest absolute Gasteiger partial charge is 0.342 e. The SMILES string of the molecule is CCN(CC)C(=O)c1ccccc1-c1ccc(CC(OC[C@H]2O[C@@H](n3cnc4c(N)nc(Cl)nc43)[C@H](O)[C@@H]2O)(C(=O)O)c2cscn2)cc1. The molecule has 5 N–H and O–H groups in total. The van der Waals surface area contributed by atoms with E-state index in [-0.39, 0.29) is 40.3 Å². The lowest BCUT2D eigenvalue weighted by atomic mass is 9.90. The predicted molar refractivity (Wildman–Crippen MR) is 181 cm³/mol. The number of rotatable bonds is 12. The van der Waals surface area contributed by atoms with Gasteiger partial charge in [0, 0.05) is 30.5 Å². The molecule has 256 valence electrons. The zero-order valence-electron chi connectivity index (χ0n) is 26.5. The van der Waals surface area contributed by atoms with Gasteiger partial charge >= 0.3 is 5.97 Å². The first-order valence-corrected chi connectivity index (χ1v) is 16.8. The minimum absolute atomic E-state index is 0.0292. The number of halogens is 1. The van der Waals surface area contributed by atoms with Crippen molar-refractivity contribution in [1.82, 2.24) is 29.4 Å². The Labute approximate surface area is 289 Å². The number of carbonyl (C=O) groups excluding carboxylic acids is 1. The number of ether oxygens (including phenoxy) is 2. The number of hydrogen-bond donors (Lipinski definition) is 4. The second kappa shape index (κ2) is 14.2. The van der Waals surface area contributed by atoms with E-state index in [2.05, 4.69) is 19.9 Å². The van der Waals surface area contributed by atoms with E-state index in [1.54, 1.807) is 28.5 Å². The number of imidazole rings is 1. The van der Waals surface area contributed by atoms with Crippen molar-refractivity contribution in [3.63, 3.8) is 0 Å². The molecule has 5 atom stereocenters. The van der Waals surface area contributed by atoms with Crippen LogP contribution in [0.4, 0.5) is 5.82 Å². The van der Waals surface area contributed by atoms with E-state index < -0.39 is 42.7 Å². The molecular formula is C33H34ClN7O7S. The molecule has 1 fully saturated rings. The van der Waals surface area contributed by atoms with E-state index in [1.165, 1.54) is 27.7 Å². The van der Waals surface area contributed by atoms with E-state index in [0.29, 0.717) is 24.2 Å². The Bertz CT molecular complexity index is 1950. The first-order chi connectivity index (χ1) is 23.6. The van der Waals surface area contributed by atoms with Gasteiger partial charge in [-0.25, -0.2) is 14.8 Å². The lowest BCUT2D eigenvalue weighted by molar-refractivity contribution is -0.177. The largest absolute Gasteiger partial charge is 0.479 e. The Hall–Kier alpha value is -4.51. The highest BCUT2D eigenvalue weighted by molar-refractivity contribution is 7.07. The van der Waals surface area contributed by atoms with Crippen molar-refractivity contribution in [3.05, 3.63) is 87.9 Å². The summed E-state index contributed by atoms with van der Waals surface area (Å²) in [5.74, 6) is -1.34. The van der Waals surface area contributed by atoms with Gasteiger partial charge < -0.3 is 35.4 Å². The van der Waals surface area contributed by atoms with Crippen molar-refractivity contribution in [2.75, 3.05) is 25.4 Å². The van der Waals surface area contributed by atoms with Crippen LogP contribution >= 0.6 is 22.9 Å². The number of aromatic nitrogens is 5. The van der Waals surface area contributed by atoms with Crippen LogP contribution in [0.3, 0.4) is 0 Å². The Morgan fingerprint density at radius 1 is 1.08 bits per heavy atom. The summed E-state index contributed by atoms with van der Waals surface area (Å²) in [7, 11) is 0. The number of nitrogens with two attached hydrogens (primary N) is 1. The van der Waals surface area contributed by atoms with Gasteiger partial charge in [-0.2, -0.15) is 9.97 Å². The van der Waals surface area contributed by atoms with Gasteiger partial charge in [0.25, 0.3) is 5.91 Å². The number of amides is 1. The van der Waals surface area contributed by atoms with Crippen molar-refractivity contribution in [2.24, 2.45) is 0 Å². The molecule has 49 heavy (non-hydrogen) atoms. The normalized spacial score (nSPS) is 20.3. The van der Waals surface area contributed by atoms with Crippen molar-refractivity contribution < 1.29 is 34.4 Å². The number of aliphatic carboxylic acids is 1. The van der Waals surface area contributed by atoms with Crippen LogP contribution in [-0.4, -0.2) is 94.6 Å². The Morgan fingerprint density at radius 2 is 1.82 bits per heavy atom. The molecule has 1 aliphatic rings. The average molecular weight is 708 g/mol. The zero-order chi connectivity index (χ0) is 34.9. The number of carbonyl (C=O) groups is 2. The molecule has 3 aromatic heterocycles. The third-order valence-electron chi connectivity index (χ3n) is 8.64. The molecule has 1 aliphatic heterocycles. The van der Waals surface area contributed by atoms with Crippen molar-refractivity contribution in [3.8, 4) is 11.1 Å². The van der Waals surface area contributed by atoms with Crippen LogP contribution in [0.2, 0.25) is 5.28 Å². The summed E-state index contributed by atoms with van der Waals surface area (Å²) in [6.45, 7) is 4.61. The van der Waals surface area contributed by atoms with Gasteiger partial charge in [-0.05, 0) is 48.2 Å². The second-order valence-corrected chi connectivity index (χ2v) is 12.5. The second-order valence-electron chi connectivity index (χ2n) is 11.5. The number of thiazole rings is 1. The molecule has 2 aromatic carbocycles. The van der Waals surface area contributed by atoms with Crippen molar-refractivity contribution in [1.29, 1.82) is 0 Å². The molecule has 0 spiro atoms. The fourth-order valence-corrected chi connectivity index (χ4v) is 6.77. The summed E-state index contributed by atoms with van der Waals surface area (Å²) < 4.78 is 13.5. The summed E-state index contributed by atoms with van der Waals surface area (Å²) in [4.78, 5) is 44.5. The third kappa shape index (κ3) is 6.48. The number of fused-ring (bicyclic) bond motifs is 1. The van der Waals surface area contributed by atoms with Crippen LogP contribution in [0.5, 0.6) is 0 Å². The van der Waals surface area contributed by atoms with Gasteiger partial charge in [0.1, 0.15) is 23.8 Å². The van der Waals surface area contributed by atoms with Crippen LogP contribution in [0.25, 0.3) is 22.3 Å². The Morgan fingerprint density at radius 3 is 2.49 bits per heavy atom. The predicted octanol–water partition coefficient (Wildman–Crippen LogP) is 3.53. The van der Waals surface area contributed by atoms with Crippen molar-refractivity contribution in [2.45, 2.75) is 50.4 Å². The lowest BCUT2D eigenvalue weighted by Crippen LogP contribution is -2.44. The summed E-state index contributed by atoms with van der Waals surface area (Å²) >= 11 is 7.20. The monoisotopic (exact) mass is 707 g/mol. The van der Waals surface area contributed by atoms with Crippen LogP contribution in [0, 0.1) is 0 Å². The van der Waals surface area contributed by atoms with Gasteiger partial charge in [0.2, 0.25) is 10.9 Å². The fourth-order valence-electron chi connectivity index (χ4n) is 5.98. The molecule has 4 heterocycles. The average Bonchev–Trinajstić information content (AvgIpc) is 3.85. The molecule has 0 aliphatic carbocycles. The quantitative estimate of drug-likeness (QED) is 0.138. The van der Waals surface area contributed by atoms with Gasteiger partial charge in [0.15, 0.2) is 17.7 Å². The number of nitrogens with zero attached hydrogens (tertiary/aromatic N) is 6. The summed E-state index contributed by atoms with van der Waals surface area (Å²) in [6, 6.07) is 14.6. The standard InChI is InChI=1S/C33H34ClN7O7S/c1-3-40(4-2)29(44)21-8-6-5-7-20(21)19-11-9-18(10-12-19)13-33(31(45)46,23-15-49-17-37-23)47-14-22-25(42)26(43)30(48-22)41-16-36-24-27(35)38-32(34)39-28(24)41/h5-12,15-17,22,25-26,30,42-43H,3-4,13-14H2,1-2H3,(H,45,46)(H2,35,38,39)/t22-,25-,26-,30-,33?/m1/s1. The van der Waals surface area contributed by atoms with Gasteiger partial charge in [-0.15, -0.1) is 11.3 Å². The Kier molecular flexibility index (Phi) is 9.92. The fraction of sp³-hybridized carbons (Fsp3) is 0.333. The number of aliphatic hydroxyl groups is 2. The van der Waals surface area contributed by atoms with E-state index >= 15 is 0 Å². The molecule has 14 nitrogen and oxygen atoms in total. The minimum Gasteiger partial charge on any atom is -0.479 e. The van der Waals surface area contributed by atoms with Gasteiger partial charge in [0.05, 0.1) is 24.1 Å². The van der Waals surface area contributed by atoms with Gasteiger partial charge in [-0.3, -0.25) is 9.36 Å². The summed E-state index contributed by atoms with van der Waals surface area (Å²) in [6.07, 6.45) is -4.02. The van der Waals surface area contributed by atoms with Crippen LogP contribution in [0.1, 0.15) is 41.7 Å². The Balaban J connectivity index is 1.25. The first-order valence-electron chi connectivity index (χ1n) is 15.5. The number of nitrogen functional groups attached to an aromatic ring is 1. The molecule has 0 radical (unpaired) electrons. The third-order valence-corrected chi connectivity index (χ3v) is 9.40. The highest BCUT2D eigenvalue weighted by atomic mass is 35.5. The molecule has 5 aromatic rings. The first kappa shape index (κ1) is 34.4. The minimum atomic E-state index is -1.97. The number of carboxylic acid groups (broad SMARTS) is 1. The molecule has 0 bridgehead atoms. The van der Waals surface area contributed by atoms with E-state index in [1.807, 2.05) is 44.2 Å². The highest BCUT2D eigenvalue weighted by Crippen LogP contribution is 2.36. The maximum Gasteiger partial charge on any atom is 0.342 e. The number of aliphatic hydroxyl groups excluding tert-OH is 2.